The minimum atomic E-state index is 0.621. The Balaban J connectivity index is 0.000000157. The number of thiol groups is 1. The summed E-state index contributed by atoms with van der Waals surface area (Å²) in [5, 5.41) is 8.25. The zero-order valence-electron chi connectivity index (χ0n) is 14.8. The van der Waals surface area contributed by atoms with E-state index in [4.69, 9.17) is 0 Å². The molecule has 25 heavy (non-hydrogen) atoms. The van der Waals surface area contributed by atoms with Crippen LogP contribution in [0.2, 0.25) is 0 Å². The first kappa shape index (κ1) is 17.7. The van der Waals surface area contributed by atoms with E-state index >= 15 is 0 Å². The first-order valence-corrected chi connectivity index (χ1v) is 9.10. The maximum absolute atomic E-state index is 4.09. The van der Waals surface area contributed by atoms with E-state index in [2.05, 4.69) is 71.9 Å². The summed E-state index contributed by atoms with van der Waals surface area (Å²) < 4.78 is 1.81. The van der Waals surface area contributed by atoms with Crippen LogP contribution in [0.25, 0.3) is 11.2 Å². The Morgan fingerprint density at radius 1 is 1.08 bits per heavy atom. The van der Waals surface area contributed by atoms with E-state index in [9.17, 15) is 0 Å². The third-order valence-corrected chi connectivity index (χ3v) is 4.83. The minimum absolute atomic E-state index is 0.621. The fraction of sp³-hybridized carbons (Fsp3) is 0.300. The first-order chi connectivity index (χ1) is 12.2. The van der Waals surface area contributed by atoms with Gasteiger partial charge in [-0.25, -0.2) is 0 Å². The molecule has 3 aromatic rings. The SMILES string of the molecule is CCN1CC=C(c2ccccc2C)CC1.Sc1nnc2ccccn12. The van der Waals surface area contributed by atoms with Crippen molar-refractivity contribution in [2.75, 3.05) is 19.6 Å². The van der Waals surface area contributed by atoms with Crippen molar-refractivity contribution in [2.45, 2.75) is 25.4 Å². The second-order valence-corrected chi connectivity index (χ2v) is 6.52. The lowest BCUT2D eigenvalue weighted by atomic mass is 9.96. The second kappa shape index (κ2) is 8.32. The van der Waals surface area contributed by atoms with Crippen molar-refractivity contribution in [2.24, 2.45) is 0 Å². The lowest BCUT2D eigenvalue weighted by Crippen LogP contribution is -2.28. The summed E-state index contributed by atoms with van der Waals surface area (Å²) in [6, 6.07) is 14.4. The maximum atomic E-state index is 4.09. The molecule has 0 fully saturated rings. The third kappa shape index (κ3) is 4.30. The molecule has 4 nitrogen and oxygen atoms in total. The Morgan fingerprint density at radius 3 is 2.56 bits per heavy atom. The fourth-order valence-corrected chi connectivity index (χ4v) is 3.22. The molecule has 3 heterocycles. The molecule has 0 aliphatic carbocycles. The van der Waals surface area contributed by atoms with Gasteiger partial charge in [0, 0.05) is 19.3 Å². The van der Waals surface area contributed by atoms with E-state index in [1.807, 2.05) is 28.8 Å². The van der Waals surface area contributed by atoms with Crippen LogP contribution in [0.5, 0.6) is 0 Å². The van der Waals surface area contributed by atoms with Crippen molar-refractivity contribution in [3.8, 4) is 0 Å². The highest BCUT2D eigenvalue weighted by molar-refractivity contribution is 7.80. The molecule has 0 atom stereocenters. The standard InChI is InChI=1S/C14H19N.C6H5N3S/c1-3-15-10-8-13(9-11-15)14-7-5-4-6-12(14)2;10-6-8-7-5-3-1-2-4-9(5)6/h4-8H,3,9-11H2,1-2H3;1-4H,(H,8,10). The van der Waals surface area contributed by atoms with Crippen LogP contribution in [0.1, 0.15) is 24.5 Å². The van der Waals surface area contributed by atoms with Gasteiger partial charge in [0.05, 0.1) is 0 Å². The number of benzene rings is 1. The normalized spacial score (nSPS) is 14.8. The Bertz CT molecular complexity index is 869. The summed E-state index contributed by atoms with van der Waals surface area (Å²) in [6.45, 7) is 7.91. The van der Waals surface area contributed by atoms with E-state index in [0.717, 1.165) is 18.7 Å². The van der Waals surface area contributed by atoms with Crippen molar-refractivity contribution in [1.82, 2.24) is 19.5 Å². The fourth-order valence-electron chi connectivity index (χ4n) is 3.01. The minimum Gasteiger partial charge on any atom is -0.300 e. The van der Waals surface area contributed by atoms with Gasteiger partial charge in [0.1, 0.15) is 0 Å². The van der Waals surface area contributed by atoms with Gasteiger partial charge in [-0.3, -0.25) is 9.30 Å². The molecule has 0 amide bonds. The molecule has 4 rings (SSSR count). The van der Waals surface area contributed by atoms with Gasteiger partial charge in [0.15, 0.2) is 10.8 Å². The number of nitrogens with zero attached hydrogens (tertiary/aromatic N) is 4. The number of hydrogen-bond acceptors (Lipinski definition) is 4. The van der Waals surface area contributed by atoms with Gasteiger partial charge in [-0.05, 0) is 48.7 Å². The summed E-state index contributed by atoms with van der Waals surface area (Å²) in [4.78, 5) is 2.47. The highest BCUT2D eigenvalue weighted by Crippen LogP contribution is 2.24. The van der Waals surface area contributed by atoms with Crippen molar-refractivity contribution < 1.29 is 0 Å². The zero-order chi connectivity index (χ0) is 17.6. The topological polar surface area (TPSA) is 33.4 Å². The average molecular weight is 353 g/mol. The molecule has 0 saturated heterocycles. The predicted molar refractivity (Wildman–Crippen MR) is 106 cm³/mol. The smallest absolute Gasteiger partial charge is 0.192 e. The number of rotatable bonds is 2. The number of likely N-dealkylation sites (N-methyl/N-ethyl adjacent to an activating group) is 1. The molecule has 2 aromatic heterocycles. The van der Waals surface area contributed by atoms with Crippen LogP contribution in [0.4, 0.5) is 0 Å². The molecule has 1 aliphatic heterocycles. The Labute approximate surface area is 154 Å². The number of fused-ring (bicyclic) bond motifs is 1. The molecule has 1 aromatic carbocycles. The second-order valence-electron chi connectivity index (χ2n) is 6.12. The molecule has 0 bridgehead atoms. The van der Waals surface area contributed by atoms with Crippen LogP contribution < -0.4 is 0 Å². The first-order valence-electron chi connectivity index (χ1n) is 8.65. The van der Waals surface area contributed by atoms with Crippen molar-refractivity contribution >= 4 is 23.8 Å². The maximum Gasteiger partial charge on any atom is 0.192 e. The lowest BCUT2D eigenvalue weighted by Gasteiger charge is -2.25. The van der Waals surface area contributed by atoms with Crippen molar-refractivity contribution in [1.29, 1.82) is 0 Å². The highest BCUT2D eigenvalue weighted by Gasteiger charge is 2.12. The molecular formula is C20H24N4S. The van der Waals surface area contributed by atoms with Crippen LogP contribution in [0.3, 0.4) is 0 Å². The zero-order valence-corrected chi connectivity index (χ0v) is 15.7. The Kier molecular flexibility index (Phi) is 5.89. The summed E-state index contributed by atoms with van der Waals surface area (Å²) >= 11 is 4.09. The quantitative estimate of drug-likeness (QED) is 0.704. The summed E-state index contributed by atoms with van der Waals surface area (Å²) in [6.07, 6.45) is 5.45. The number of aromatic nitrogens is 3. The summed E-state index contributed by atoms with van der Waals surface area (Å²) in [5.74, 6) is 0. The highest BCUT2D eigenvalue weighted by atomic mass is 32.1. The average Bonchev–Trinajstić information content (AvgIpc) is 3.04. The van der Waals surface area contributed by atoms with Crippen LogP contribution in [-0.4, -0.2) is 39.1 Å². The summed E-state index contributed by atoms with van der Waals surface area (Å²) in [5.41, 5.74) is 5.19. The van der Waals surface area contributed by atoms with E-state index in [-0.39, 0.29) is 0 Å². The molecule has 0 saturated carbocycles. The van der Waals surface area contributed by atoms with Gasteiger partial charge in [0.2, 0.25) is 0 Å². The number of hydrogen-bond donors (Lipinski definition) is 1. The van der Waals surface area contributed by atoms with E-state index in [0.29, 0.717) is 5.16 Å². The number of aryl methyl sites for hydroxylation is 1. The molecule has 0 unspecified atom stereocenters. The van der Waals surface area contributed by atoms with E-state index in [1.54, 1.807) is 0 Å². The van der Waals surface area contributed by atoms with Gasteiger partial charge in [-0.2, -0.15) is 0 Å². The van der Waals surface area contributed by atoms with Crippen LogP contribution in [0, 0.1) is 6.92 Å². The summed E-state index contributed by atoms with van der Waals surface area (Å²) in [7, 11) is 0. The largest absolute Gasteiger partial charge is 0.300 e. The van der Waals surface area contributed by atoms with Gasteiger partial charge in [-0.15, -0.1) is 22.8 Å². The van der Waals surface area contributed by atoms with Gasteiger partial charge in [0.25, 0.3) is 0 Å². The van der Waals surface area contributed by atoms with E-state index < -0.39 is 0 Å². The molecule has 0 radical (unpaired) electrons. The molecule has 0 N–H and O–H groups in total. The van der Waals surface area contributed by atoms with Gasteiger partial charge >= 0.3 is 0 Å². The molecule has 1 aliphatic rings. The van der Waals surface area contributed by atoms with E-state index in [1.165, 1.54) is 29.7 Å². The Hall–Kier alpha value is -2.11. The van der Waals surface area contributed by atoms with Crippen LogP contribution in [0.15, 0.2) is 59.9 Å². The molecular weight excluding hydrogens is 328 g/mol. The van der Waals surface area contributed by atoms with Crippen LogP contribution in [-0.2, 0) is 0 Å². The Morgan fingerprint density at radius 2 is 1.88 bits per heavy atom. The lowest BCUT2D eigenvalue weighted by molar-refractivity contribution is 0.318. The van der Waals surface area contributed by atoms with Crippen molar-refractivity contribution in [3.63, 3.8) is 0 Å². The third-order valence-electron chi connectivity index (χ3n) is 4.53. The number of pyridine rings is 1. The molecule has 0 spiro atoms. The van der Waals surface area contributed by atoms with Crippen LogP contribution >= 0.6 is 12.6 Å². The van der Waals surface area contributed by atoms with Gasteiger partial charge in [-0.1, -0.05) is 43.3 Å². The van der Waals surface area contributed by atoms with Gasteiger partial charge < -0.3 is 0 Å². The monoisotopic (exact) mass is 352 g/mol. The predicted octanol–water partition coefficient (Wildman–Crippen LogP) is 4.12. The molecule has 5 heteroatoms. The van der Waals surface area contributed by atoms with Crippen molar-refractivity contribution in [3.05, 3.63) is 65.9 Å². The molecule has 130 valence electrons.